The number of ether oxygens (including phenoxy) is 2. The summed E-state index contributed by atoms with van der Waals surface area (Å²) in [5.74, 6) is -3.48. The second-order valence-corrected chi connectivity index (χ2v) is 14.4. The summed E-state index contributed by atoms with van der Waals surface area (Å²) >= 11 is 6.12. The van der Waals surface area contributed by atoms with Crippen molar-refractivity contribution in [2.24, 2.45) is 29.6 Å². The standard InChI is InChI=1S/C30H24BrF3N2O6S2/c1-2-41-19(37)11-42-18-7-6-13(31)9-15(18)20-21-16-10-17(24(21)43-26-25(20)44-29(40)35-26)23-22(16)27(38)36(28(23)39)14-5-3-4-12(8-14)30(32,33)34/h3-9,16-17,20-24H,2,10-11H2,1H3,(H,35,40)/t16?,17?,20-,21?,22?,23?,24?/m1/s1. The third-order valence-electron chi connectivity index (χ3n) is 9.11. The van der Waals surface area contributed by atoms with Gasteiger partial charge in [-0.25, -0.2) is 4.79 Å². The Bertz CT molecular complexity index is 1760. The van der Waals surface area contributed by atoms with E-state index in [9.17, 15) is 32.3 Å². The van der Waals surface area contributed by atoms with Crippen molar-refractivity contribution in [3.8, 4) is 5.75 Å². The van der Waals surface area contributed by atoms with Crippen molar-refractivity contribution in [3.63, 3.8) is 0 Å². The molecule has 0 radical (unpaired) electrons. The van der Waals surface area contributed by atoms with Crippen LogP contribution in [0.25, 0.3) is 0 Å². The van der Waals surface area contributed by atoms with Crippen LogP contribution in [0.3, 0.4) is 0 Å². The van der Waals surface area contributed by atoms with Gasteiger partial charge in [0.15, 0.2) is 6.61 Å². The van der Waals surface area contributed by atoms with Crippen LogP contribution in [-0.4, -0.2) is 41.2 Å². The van der Waals surface area contributed by atoms with Crippen LogP contribution in [0.15, 0.2) is 56.8 Å². The van der Waals surface area contributed by atoms with Crippen molar-refractivity contribution < 1.29 is 37.0 Å². The summed E-state index contributed by atoms with van der Waals surface area (Å²) in [6, 6.07) is 9.71. The molecule has 2 aliphatic heterocycles. The highest BCUT2D eigenvalue weighted by molar-refractivity contribution is 9.10. The number of thioether (sulfide) groups is 1. The molecule has 7 atom stereocenters. The molecule has 2 amide bonds. The molecule has 2 saturated carbocycles. The molecule has 8 nitrogen and oxygen atoms in total. The first kappa shape index (κ1) is 29.6. The summed E-state index contributed by atoms with van der Waals surface area (Å²) < 4.78 is 52.2. The first-order valence-electron chi connectivity index (χ1n) is 14.0. The van der Waals surface area contributed by atoms with Crippen molar-refractivity contribution in [2.75, 3.05) is 18.1 Å². The van der Waals surface area contributed by atoms with Crippen molar-refractivity contribution in [1.82, 2.24) is 4.98 Å². The van der Waals surface area contributed by atoms with Crippen LogP contribution in [0, 0.1) is 29.6 Å². The van der Waals surface area contributed by atoms with Gasteiger partial charge in [0, 0.05) is 26.1 Å². The van der Waals surface area contributed by atoms with E-state index < -0.39 is 47.3 Å². The molecule has 0 spiro atoms. The van der Waals surface area contributed by atoms with Gasteiger partial charge in [-0.05, 0) is 67.5 Å². The Morgan fingerprint density at radius 2 is 1.84 bits per heavy atom. The Hall–Kier alpha value is -3.10. The molecule has 1 aromatic heterocycles. The molecule has 1 N–H and O–H groups in total. The summed E-state index contributed by atoms with van der Waals surface area (Å²) in [6.45, 7) is 1.59. The fourth-order valence-electron chi connectivity index (χ4n) is 7.67. The van der Waals surface area contributed by atoms with E-state index in [0.29, 0.717) is 17.2 Å². The quantitative estimate of drug-likeness (QED) is 0.254. The van der Waals surface area contributed by atoms with E-state index in [2.05, 4.69) is 20.9 Å². The number of carbonyl (C=O) groups excluding carboxylic acids is 3. The van der Waals surface area contributed by atoms with E-state index in [-0.39, 0.29) is 46.8 Å². The van der Waals surface area contributed by atoms with Crippen LogP contribution < -0.4 is 14.5 Å². The number of hydrogen-bond donors (Lipinski definition) is 1. The number of alkyl halides is 3. The summed E-state index contributed by atoms with van der Waals surface area (Å²) in [5.41, 5.74) is -0.287. The molecule has 3 aromatic rings. The number of esters is 1. The van der Waals surface area contributed by atoms with Gasteiger partial charge in [-0.1, -0.05) is 33.3 Å². The van der Waals surface area contributed by atoms with Gasteiger partial charge in [-0.15, -0.1) is 11.8 Å². The molecule has 3 heterocycles. The number of nitrogens with zero attached hydrogens (tertiary/aromatic N) is 1. The fourth-order valence-corrected chi connectivity index (χ4v) is 10.9. The number of benzene rings is 2. The second-order valence-electron chi connectivity index (χ2n) is 11.3. The monoisotopic (exact) mass is 708 g/mol. The molecular weight excluding hydrogens is 685 g/mol. The van der Waals surface area contributed by atoms with Gasteiger partial charge >= 0.3 is 17.0 Å². The number of hydrogen-bond acceptors (Lipinski definition) is 8. The zero-order valence-electron chi connectivity index (χ0n) is 22.9. The molecule has 7 rings (SSSR count). The summed E-state index contributed by atoms with van der Waals surface area (Å²) in [6.07, 6.45) is -4.02. The molecule has 4 aliphatic rings. The first-order valence-corrected chi connectivity index (χ1v) is 16.5. The molecule has 2 bridgehead atoms. The number of fused-ring (bicyclic) bond motifs is 9. The minimum Gasteiger partial charge on any atom is -0.482 e. The van der Waals surface area contributed by atoms with Crippen molar-refractivity contribution in [3.05, 3.63) is 72.6 Å². The lowest BCUT2D eigenvalue weighted by atomic mass is 9.68. The van der Waals surface area contributed by atoms with Gasteiger partial charge < -0.3 is 14.5 Å². The molecule has 44 heavy (non-hydrogen) atoms. The number of imide groups is 1. The van der Waals surface area contributed by atoms with E-state index in [1.54, 1.807) is 19.1 Å². The third kappa shape index (κ3) is 4.63. The van der Waals surface area contributed by atoms with Crippen molar-refractivity contribution >= 4 is 62.5 Å². The van der Waals surface area contributed by atoms with E-state index in [4.69, 9.17) is 9.47 Å². The lowest BCUT2D eigenvalue weighted by Gasteiger charge is -2.43. The lowest BCUT2D eigenvalue weighted by molar-refractivity contribution is -0.145. The number of aromatic amines is 1. The minimum absolute atomic E-state index is 0.0825. The Labute approximate surface area is 265 Å². The fraction of sp³-hybridized carbons (Fsp3) is 0.400. The summed E-state index contributed by atoms with van der Waals surface area (Å²) in [5, 5.41) is 0.553. The lowest BCUT2D eigenvalue weighted by Crippen LogP contribution is -2.42. The van der Waals surface area contributed by atoms with Gasteiger partial charge in [0.05, 0.1) is 34.7 Å². The number of aromatic nitrogens is 1. The van der Waals surface area contributed by atoms with E-state index in [0.717, 1.165) is 43.3 Å². The van der Waals surface area contributed by atoms with E-state index >= 15 is 0 Å². The summed E-state index contributed by atoms with van der Waals surface area (Å²) in [4.78, 5) is 57.0. The third-order valence-corrected chi connectivity index (χ3v) is 12.2. The average molecular weight is 710 g/mol. The van der Waals surface area contributed by atoms with Crippen LogP contribution in [0.2, 0.25) is 0 Å². The number of anilines is 1. The Kier molecular flexibility index (Phi) is 7.24. The zero-order chi connectivity index (χ0) is 31.1. The van der Waals surface area contributed by atoms with Crippen molar-refractivity contribution in [1.29, 1.82) is 0 Å². The molecule has 230 valence electrons. The topological polar surface area (TPSA) is 106 Å². The molecule has 2 aliphatic carbocycles. The second kappa shape index (κ2) is 10.8. The average Bonchev–Trinajstić information content (AvgIpc) is 3.71. The zero-order valence-corrected chi connectivity index (χ0v) is 26.1. The molecule has 14 heteroatoms. The van der Waals surface area contributed by atoms with Crippen LogP contribution >= 0.6 is 39.0 Å². The van der Waals surface area contributed by atoms with E-state index in [1.807, 2.05) is 6.07 Å². The normalized spacial score (nSPS) is 28.6. The highest BCUT2D eigenvalue weighted by atomic mass is 79.9. The van der Waals surface area contributed by atoms with Gasteiger partial charge in [0.25, 0.3) is 0 Å². The largest absolute Gasteiger partial charge is 0.482 e. The SMILES string of the molecule is CCOC(=O)COc1ccc(Br)cc1[C@H]1c2sc(=O)[nH]c2SC2C3CC(C4C(=O)N(c5cccc(C(F)(F)F)c5)C(=O)C34)C21. The number of rotatable bonds is 6. The predicted octanol–water partition coefficient (Wildman–Crippen LogP) is 5.84. The van der Waals surface area contributed by atoms with E-state index in [1.165, 1.54) is 23.9 Å². The van der Waals surface area contributed by atoms with Crippen LogP contribution in [0.5, 0.6) is 5.75 Å². The maximum Gasteiger partial charge on any atom is 0.416 e. The van der Waals surface area contributed by atoms with Gasteiger partial charge in [0.2, 0.25) is 11.8 Å². The maximum atomic E-state index is 14.0. The van der Waals surface area contributed by atoms with Crippen LogP contribution in [-0.2, 0) is 25.3 Å². The molecule has 3 fully saturated rings. The molecule has 6 unspecified atom stereocenters. The Balaban J connectivity index is 1.29. The van der Waals surface area contributed by atoms with Crippen LogP contribution in [0.1, 0.15) is 35.3 Å². The number of halogens is 4. The maximum absolute atomic E-state index is 14.0. The molecule has 1 saturated heterocycles. The smallest absolute Gasteiger partial charge is 0.416 e. The Morgan fingerprint density at radius 3 is 2.57 bits per heavy atom. The molecule has 2 aromatic carbocycles. The van der Waals surface area contributed by atoms with Gasteiger partial charge in [-0.2, -0.15) is 13.2 Å². The highest BCUT2D eigenvalue weighted by Gasteiger charge is 2.70. The molecular formula is C30H24BrF3N2O6S2. The first-order chi connectivity index (χ1) is 21.0. The number of H-pyrrole nitrogens is 1. The predicted molar refractivity (Wildman–Crippen MR) is 159 cm³/mol. The van der Waals surface area contributed by atoms with Gasteiger partial charge in [0.1, 0.15) is 5.75 Å². The van der Waals surface area contributed by atoms with Gasteiger partial charge in [-0.3, -0.25) is 19.3 Å². The summed E-state index contributed by atoms with van der Waals surface area (Å²) in [7, 11) is 0. The number of thiazole rings is 1. The van der Waals surface area contributed by atoms with Crippen molar-refractivity contribution in [2.45, 2.75) is 35.7 Å². The minimum atomic E-state index is -4.62. The number of amides is 2. The van der Waals surface area contributed by atoms with Crippen LogP contribution in [0.4, 0.5) is 18.9 Å². The Morgan fingerprint density at radius 1 is 1.09 bits per heavy atom. The number of carbonyl (C=O) groups is 3. The highest BCUT2D eigenvalue weighted by Crippen LogP contribution is 2.69. The number of nitrogens with one attached hydrogen (secondary N) is 1.